The number of hydrogen-bond acceptors (Lipinski definition) is 4. The number of amides is 1. The number of carbonyl (C=O) groups excluding carboxylic acids is 1. The van der Waals surface area contributed by atoms with Gasteiger partial charge in [0, 0.05) is 11.1 Å². The Bertz CT molecular complexity index is 718. The normalized spacial score (nSPS) is 10.1. The predicted octanol–water partition coefficient (Wildman–Crippen LogP) is 3.90. The van der Waals surface area contributed by atoms with Crippen LogP contribution in [0.2, 0.25) is 5.02 Å². The fourth-order valence-electron chi connectivity index (χ4n) is 1.90. The van der Waals surface area contributed by atoms with Crippen LogP contribution in [-0.4, -0.2) is 17.4 Å². The molecule has 2 rings (SSSR count). The predicted molar refractivity (Wildman–Crippen MR) is 83.7 cm³/mol. The molecule has 0 heterocycles. The lowest BCUT2D eigenvalue weighted by Crippen LogP contribution is -2.14. The third kappa shape index (κ3) is 3.53. The highest BCUT2D eigenvalue weighted by atomic mass is 35.5. The van der Waals surface area contributed by atoms with Gasteiger partial charge in [0.15, 0.2) is 0 Å². The summed E-state index contributed by atoms with van der Waals surface area (Å²) in [5, 5.41) is 14.0. The lowest BCUT2D eigenvalue weighted by molar-refractivity contribution is -0.385. The van der Waals surface area contributed by atoms with Crippen LogP contribution in [0.15, 0.2) is 42.5 Å². The lowest BCUT2D eigenvalue weighted by atomic mass is 10.1. The van der Waals surface area contributed by atoms with Gasteiger partial charge in [-0.05, 0) is 31.2 Å². The number of para-hydroxylation sites is 1. The molecule has 0 aliphatic rings. The van der Waals surface area contributed by atoms with Gasteiger partial charge < -0.3 is 10.1 Å². The van der Waals surface area contributed by atoms with Gasteiger partial charge in [-0.3, -0.25) is 14.9 Å². The van der Waals surface area contributed by atoms with Gasteiger partial charge in [-0.2, -0.15) is 0 Å². The van der Waals surface area contributed by atoms with Gasteiger partial charge in [-0.25, -0.2) is 0 Å². The van der Waals surface area contributed by atoms with Crippen LogP contribution in [0.25, 0.3) is 0 Å². The first-order chi connectivity index (χ1) is 10.5. The molecule has 6 nitrogen and oxygen atoms in total. The zero-order valence-electron chi connectivity index (χ0n) is 11.7. The molecular formula is C15H13ClN2O4. The lowest BCUT2D eigenvalue weighted by Gasteiger charge is -2.12. The zero-order valence-corrected chi connectivity index (χ0v) is 12.5. The molecule has 114 valence electrons. The zero-order chi connectivity index (χ0) is 16.1. The first kappa shape index (κ1) is 15.8. The number of anilines is 1. The Hall–Kier alpha value is -2.60. The second kappa shape index (κ2) is 6.91. The van der Waals surface area contributed by atoms with E-state index < -0.39 is 10.8 Å². The number of nitrogens with zero attached hydrogens (tertiary/aromatic N) is 1. The molecule has 0 saturated carbocycles. The fraction of sp³-hybridized carbons (Fsp3) is 0.133. The highest BCUT2D eigenvalue weighted by Gasteiger charge is 2.20. The standard InChI is InChI=1S/C15H13ClN2O4/c1-2-22-14-8-7-10(16)9-12(14)17-15(19)11-5-3-4-6-13(11)18(20)21/h3-9H,2H2,1H3,(H,17,19). The Morgan fingerprint density at radius 2 is 2.05 bits per heavy atom. The summed E-state index contributed by atoms with van der Waals surface area (Å²) in [6.45, 7) is 2.22. The Kier molecular flexibility index (Phi) is 4.95. The summed E-state index contributed by atoms with van der Waals surface area (Å²) < 4.78 is 5.40. The SMILES string of the molecule is CCOc1ccc(Cl)cc1NC(=O)c1ccccc1[N+](=O)[O-]. The van der Waals surface area contributed by atoms with Crippen LogP contribution in [0.4, 0.5) is 11.4 Å². The third-order valence-electron chi connectivity index (χ3n) is 2.84. The number of hydrogen-bond donors (Lipinski definition) is 1. The molecule has 7 heteroatoms. The summed E-state index contributed by atoms with van der Waals surface area (Å²) >= 11 is 5.91. The van der Waals surface area contributed by atoms with E-state index in [9.17, 15) is 14.9 Å². The molecule has 0 bridgehead atoms. The summed E-state index contributed by atoms with van der Waals surface area (Å²) in [4.78, 5) is 22.7. The van der Waals surface area contributed by atoms with Crippen molar-refractivity contribution in [3.8, 4) is 5.75 Å². The Balaban J connectivity index is 2.33. The van der Waals surface area contributed by atoms with Gasteiger partial charge in [0.25, 0.3) is 11.6 Å². The summed E-state index contributed by atoms with van der Waals surface area (Å²) in [6, 6.07) is 10.5. The molecule has 2 aromatic rings. The smallest absolute Gasteiger partial charge is 0.282 e. The van der Waals surface area contributed by atoms with Gasteiger partial charge in [0.2, 0.25) is 0 Å². The molecule has 1 amide bonds. The van der Waals surface area contributed by atoms with E-state index in [4.69, 9.17) is 16.3 Å². The molecule has 0 fully saturated rings. The van der Waals surface area contributed by atoms with E-state index in [0.717, 1.165) is 0 Å². The van der Waals surface area contributed by atoms with E-state index >= 15 is 0 Å². The molecule has 0 spiro atoms. The number of nitro benzene ring substituents is 1. The number of halogens is 1. The van der Waals surface area contributed by atoms with Crippen molar-refractivity contribution >= 4 is 28.9 Å². The third-order valence-corrected chi connectivity index (χ3v) is 3.07. The first-order valence-electron chi connectivity index (χ1n) is 6.50. The number of nitro groups is 1. The van der Waals surface area contributed by atoms with Crippen molar-refractivity contribution in [2.45, 2.75) is 6.92 Å². The Labute approximate surface area is 131 Å². The van der Waals surface area contributed by atoms with E-state index in [1.54, 1.807) is 18.2 Å². The molecule has 1 N–H and O–H groups in total. The van der Waals surface area contributed by atoms with Crippen molar-refractivity contribution < 1.29 is 14.5 Å². The van der Waals surface area contributed by atoms with Crippen LogP contribution < -0.4 is 10.1 Å². The van der Waals surface area contributed by atoms with Crippen molar-refractivity contribution in [3.63, 3.8) is 0 Å². The van der Waals surface area contributed by atoms with Gasteiger partial charge in [-0.1, -0.05) is 23.7 Å². The summed E-state index contributed by atoms with van der Waals surface area (Å²) in [7, 11) is 0. The van der Waals surface area contributed by atoms with Crippen molar-refractivity contribution in [2.24, 2.45) is 0 Å². The van der Waals surface area contributed by atoms with Crippen molar-refractivity contribution in [3.05, 3.63) is 63.2 Å². The number of carbonyl (C=O) groups is 1. The second-order valence-electron chi connectivity index (χ2n) is 4.30. The number of ether oxygens (including phenoxy) is 1. The molecule has 0 aliphatic carbocycles. The van der Waals surface area contributed by atoms with Gasteiger partial charge >= 0.3 is 0 Å². The average Bonchev–Trinajstić information content (AvgIpc) is 2.50. The van der Waals surface area contributed by atoms with Gasteiger partial charge in [-0.15, -0.1) is 0 Å². The maximum absolute atomic E-state index is 12.3. The van der Waals surface area contributed by atoms with Crippen molar-refractivity contribution in [1.29, 1.82) is 0 Å². The van der Waals surface area contributed by atoms with Crippen LogP contribution in [-0.2, 0) is 0 Å². The first-order valence-corrected chi connectivity index (χ1v) is 6.88. The number of rotatable bonds is 5. The average molecular weight is 321 g/mol. The molecular weight excluding hydrogens is 308 g/mol. The molecule has 0 aromatic heterocycles. The van der Waals surface area contributed by atoms with E-state index in [-0.39, 0.29) is 11.3 Å². The van der Waals surface area contributed by atoms with E-state index in [1.807, 2.05) is 6.92 Å². The quantitative estimate of drug-likeness (QED) is 0.669. The van der Waals surface area contributed by atoms with Crippen LogP contribution >= 0.6 is 11.6 Å². The second-order valence-corrected chi connectivity index (χ2v) is 4.74. The molecule has 0 radical (unpaired) electrons. The fourth-order valence-corrected chi connectivity index (χ4v) is 2.07. The molecule has 2 aromatic carbocycles. The van der Waals surface area contributed by atoms with Crippen LogP contribution in [0, 0.1) is 10.1 Å². The molecule has 22 heavy (non-hydrogen) atoms. The highest BCUT2D eigenvalue weighted by Crippen LogP contribution is 2.29. The minimum atomic E-state index is -0.601. The van der Waals surface area contributed by atoms with Crippen molar-refractivity contribution in [2.75, 3.05) is 11.9 Å². The van der Waals surface area contributed by atoms with Crippen LogP contribution in [0.5, 0.6) is 5.75 Å². The van der Waals surface area contributed by atoms with Crippen LogP contribution in [0.1, 0.15) is 17.3 Å². The van der Waals surface area contributed by atoms with Gasteiger partial charge in [0.1, 0.15) is 11.3 Å². The molecule has 0 unspecified atom stereocenters. The Morgan fingerprint density at radius 1 is 1.32 bits per heavy atom. The Morgan fingerprint density at radius 3 is 2.73 bits per heavy atom. The number of nitrogens with one attached hydrogen (secondary N) is 1. The summed E-state index contributed by atoms with van der Waals surface area (Å²) in [5.41, 5.74) is 0.0624. The molecule has 0 saturated heterocycles. The van der Waals surface area contributed by atoms with Gasteiger partial charge in [0.05, 0.1) is 17.2 Å². The minimum Gasteiger partial charge on any atom is -0.492 e. The molecule has 0 aliphatic heterocycles. The van der Waals surface area contributed by atoms with E-state index in [0.29, 0.717) is 23.1 Å². The number of benzene rings is 2. The van der Waals surface area contributed by atoms with E-state index in [2.05, 4.69) is 5.32 Å². The van der Waals surface area contributed by atoms with Crippen LogP contribution in [0.3, 0.4) is 0 Å². The maximum atomic E-state index is 12.3. The van der Waals surface area contributed by atoms with Crippen molar-refractivity contribution in [1.82, 2.24) is 0 Å². The van der Waals surface area contributed by atoms with E-state index in [1.165, 1.54) is 24.3 Å². The highest BCUT2D eigenvalue weighted by molar-refractivity contribution is 6.31. The topological polar surface area (TPSA) is 81.5 Å². The molecule has 0 atom stereocenters. The summed E-state index contributed by atoms with van der Waals surface area (Å²) in [6.07, 6.45) is 0. The largest absolute Gasteiger partial charge is 0.492 e. The maximum Gasteiger partial charge on any atom is 0.282 e. The minimum absolute atomic E-state index is 0.0325. The summed E-state index contributed by atoms with van der Waals surface area (Å²) in [5.74, 6) is -0.158. The monoisotopic (exact) mass is 320 g/mol.